The fourth-order valence-electron chi connectivity index (χ4n) is 4.67. The van der Waals surface area contributed by atoms with Crippen LogP contribution in [0.3, 0.4) is 0 Å². The van der Waals surface area contributed by atoms with Gasteiger partial charge < -0.3 is 0 Å². The highest BCUT2D eigenvalue weighted by atomic mass is 16.1. The molecule has 3 fully saturated rings. The molecule has 2 bridgehead atoms. The van der Waals surface area contributed by atoms with Gasteiger partial charge in [0.15, 0.2) is 5.78 Å². The lowest BCUT2D eigenvalue weighted by atomic mass is 9.61. The molecule has 0 N–H and O–H groups in total. The van der Waals surface area contributed by atoms with Crippen molar-refractivity contribution in [3.63, 3.8) is 0 Å². The second-order valence-corrected chi connectivity index (χ2v) is 7.51. The van der Waals surface area contributed by atoms with Gasteiger partial charge in [-0.2, -0.15) is 0 Å². The number of piperidine rings is 1. The van der Waals surface area contributed by atoms with Gasteiger partial charge in [0.25, 0.3) is 0 Å². The van der Waals surface area contributed by atoms with Gasteiger partial charge in [0, 0.05) is 0 Å². The number of carbonyl (C=O) groups excluding carboxylic acids is 1. The first-order valence-electron chi connectivity index (χ1n) is 9.00. The summed E-state index contributed by atoms with van der Waals surface area (Å²) in [5.41, 5.74) is 4.36. The van der Waals surface area contributed by atoms with Crippen LogP contribution >= 0.6 is 0 Å². The molecule has 0 unspecified atom stereocenters. The molecule has 2 nitrogen and oxygen atoms in total. The highest BCUT2D eigenvalue weighted by Crippen LogP contribution is 2.47. The van der Waals surface area contributed by atoms with E-state index in [2.05, 4.69) is 67.3 Å². The van der Waals surface area contributed by atoms with E-state index in [4.69, 9.17) is 0 Å². The lowest BCUT2D eigenvalue weighted by molar-refractivity contribution is -0.124. The maximum absolute atomic E-state index is 13.5. The van der Waals surface area contributed by atoms with Crippen molar-refractivity contribution in [2.45, 2.75) is 32.1 Å². The maximum atomic E-state index is 13.5. The van der Waals surface area contributed by atoms with Crippen LogP contribution in [-0.2, 0) is 10.2 Å². The molecule has 2 aromatic carbocycles. The fraction of sp³-hybridized carbons (Fsp3) is 0.409. The Hall–Kier alpha value is -1.93. The third kappa shape index (κ3) is 2.32. The molecule has 3 saturated heterocycles. The van der Waals surface area contributed by atoms with E-state index in [-0.39, 0.29) is 0 Å². The van der Waals surface area contributed by atoms with Gasteiger partial charge in [-0.3, -0.25) is 9.69 Å². The highest BCUT2D eigenvalue weighted by Gasteiger charge is 2.51. The summed E-state index contributed by atoms with van der Waals surface area (Å²) >= 11 is 0. The van der Waals surface area contributed by atoms with Crippen LogP contribution in [0.2, 0.25) is 0 Å². The maximum Gasteiger partial charge on any atom is 0.161 e. The second kappa shape index (κ2) is 5.86. The number of Topliss-reactive ketones (excluding diaryl/α,β-unsaturated/α-hetero) is 1. The Labute approximate surface area is 144 Å². The van der Waals surface area contributed by atoms with Crippen molar-refractivity contribution in [2.24, 2.45) is 5.92 Å². The predicted molar refractivity (Wildman–Crippen MR) is 97.3 cm³/mol. The number of rotatable bonds is 2. The van der Waals surface area contributed by atoms with Crippen molar-refractivity contribution in [1.82, 2.24) is 4.90 Å². The highest BCUT2D eigenvalue weighted by molar-refractivity contribution is 5.96. The Morgan fingerprint density at radius 3 is 1.75 bits per heavy atom. The van der Waals surface area contributed by atoms with Crippen LogP contribution in [0.15, 0.2) is 48.5 Å². The lowest BCUT2D eigenvalue weighted by Gasteiger charge is -2.40. The van der Waals surface area contributed by atoms with Gasteiger partial charge in [-0.25, -0.2) is 0 Å². The van der Waals surface area contributed by atoms with Crippen LogP contribution in [0.1, 0.15) is 35.1 Å². The van der Waals surface area contributed by atoms with Gasteiger partial charge in [0.2, 0.25) is 0 Å². The van der Waals surface area contributed by atoms with E-state index in [0.717, 1.165) is 25.9 Å². The minimum Gasteiger partial charge on any atom is -0.297 e. The number of fused-ring (bicyclic) bond motifs is 4. The van der Waals surface area contributed by atoms with Crippen LogP contribution in [0.5, 0.6) is 0 Å². The molecular formula is C22H25NO. The summed E-state index contributed by atoms with van der Waals surface area (Å²) in [6.07, 6.45) is 2.21. The van der Waals surface area contributed by atoms with Crippen LogP contribution in [-0.4, -0.2) is 30.3 Å². The average Bonchev–Trinajstić information content (AvgIpc) is 2.81. The molecule has 2 heteroatoms. The first kappa shape index (κ1) is 15.6. The summed E-state index contributed by atoms with van der Waals surface area (Å²) < 4.78 is 0. The Morgan fingerprint density at radius 1 is 0.833 bits per heavy atom. The van der Waals surface area contributed by atoms with E-state index in [1.165, 1.54) is 22.3 Å². The number of hydrogen-bond donors (Lipinski definition) is 0. The SMILES string of the molecule is Cc1ccc(C2(c3ccc(C)cc3)C(=O)CN3CCC2CC3)cc1. The van der Waals surface area contributed by atoms with Gasteiger partial charge in [0.05, 0.1) is 12.0 Å². The van der Waals surface area contributed by atoms with Crippen molar-refractivity contribution < 1.29 is 4.79 Å². The van der Waals surface area contributed by atoms with E-state index in [0.29, 0.717) is 18.2 Å². The fourth-order valence-corrected chi connectivity index (χ4v) is 4.67. The first-order valence-corrected chi connectivity index (χ1v) is 9.00. The number of hydrogen-bond acceptors (Lipinski definition) is 2. The zero-order chi connectivity index (χ0) is 16.7. The van der Waals surface area contributed by atoms with Crippen molar-refractivity contribution >= 4 is 5.78 Å². The second-order valence-electron chi connectivity index (χ2n) is 7.51. The van der Waals surface area contributed by atoms with Gasteiger partial charge in [-0.05, 0) is 56.8 Å². The molecule has 3 aliphatic heterocycles. The van der Waals surface area contributed by atoms with Crippen molar-refractivity contribution in [2.75, 3.05) is 19.6 Å². The van der Waals surface area contributed by atoms with Crippen molar-refractivity contribution in [3.05, 3.63) is 70.8 Å². The Morgan fingerprint density at radius 2 is 1.29 bits per heavy atom. The third-order valence-electron chi connectivity index (χ3n) is 6.02. The monoisotopic (exact) mass is 319 g/mol. The van der Waals surface area contributed by atoms with E-state index < -0.39 is 5.41 Å². The molecule has 0 aromatic heterocycles. The molecule has 0 amide bonds. The topological polar surface area (TPSA) is 20.3 Å². The summed E-state index contributed by atoms with van der Waals surface area (Å²) in [6, 6.07) is 17.3. The van der Waals surface area contributed by atoms with Crippen molar-refractivity contribution in [3.8, 4) is 0 Å². The molecule has 3 heterocycles. The largest absolute Gasteiger partial charge is 0.297 e. The van der Waals surface area contributed by atoms with Crippen LogP contribution in [0.25, 0.3) is 0 Å². The quantitative estimate of drug-likeness (QED) is 0.837. The molecule has 0 atom stereocenters. The van der Waals surface area contributed by atoms with Gasteiger partial charge >= 0.3 is 0 Å². The molecule has 3 aliphatic rings. The molecule has 0 spiro atoms. The first-order chi connectivity index (χ1) is 11.6. The Bertz CT molecular complexity index is 691. The molecule has 2 aromatic rings. The minimum atomic E-state index is -0.480. The van der Waals surface area contributed by atoms with Gasteiger partial charge in [-0.15, -0.1) is 0 Å². The Balaban J connectivity index is 1.96. The molecule has 0 aliphatic carbocycles. The number of nitrogens with zero attached hydrogens (tertiary/aromatic N) is 1. The summed E-state index contributed by atoms with van der Waals surface area (Å²) in [4.78, 5) is 15.9. The standard InChI is InChI=1S/C22H25NO/c1-16-3-7-18(8-4-16)22(19-9-5-17(2)6-10-19)20-11-13-23(14-12-20)15-21(22)24/h3-10,20H,11-15H2,1-2H3. The molecule has 0 radical (unpaired) electrons. The lowest BCUT2D eigenvalue weighted by Crippen LogP contribution is -2.44. The molecule has 24 heavy (non-hydrogen) atoms. The minimum absolute atomic E-state index is 0.371. The normalized spacial score (nSPS) is 25.5. The summed E-state index contributed by atoms with van der Waals surface area (Å²) in [5.74, 6) is 0.768. The van der Waals surface area contributed by atoms with Crippen molar-refractivity contribution in [1.29, 1.82) is 0 Å². The van der Waals surface area contributed by atoms with Crippen LogP contribution in [0, 0.1) is 19.8 Å². The third-order valence-corrected chi connectivity index (χ3v) is 6.02. The number of carbonyl (C=O) groups is 1. The average molecular weight is 319 g/mol. The number of aryl methyl sites for hydroxylation is 2. The van der Waals surface area contributed by atoms with E-state index >= 15 is 0 Å². The van der Waals surface area contributed by atoms with E-state index in [1.54, 1.807) is 0 Å². The summed E-state index contributed by atoms with van der Waals surface area (Å²) in [6.45, 7) is 6.90. The van der Waals surface area contributed by atoms with Crippen LogP contribution in [0.4, 0.5) is 0 Å². The van der Waals surface area contributed by atoms with E-state index in [9.17, 15) is 4.79 Å². The molecular weight excluding hydrogens is 294 g/mol. The molecule has 124 valence electrons. The van der Waals surface area contributed by atoms with E-state index in [1.807, 2.05) is 0 Å². The Kier molecular flexibility index (Phi) is 3.80. The summed E-state index contributed by atoms with van der Waals surface area (Å²) in [5, 5.41) is 0. The van der Waals surface area contributed by atoms with Gasteiger partial charge in [0.1, 0.15) is 0 Å². The number of benzene rings is 2. The summed E-state index contributed by atoms with van der Waals surface area (Å²) in [7, 11) is 0. The smallest absolute Gasteiger partial charge is 0.161 e. The zero-order valence-electron chi connectivity index (χ0n) is 14.6. The van der Waals surface area contributed by atoms with Crippen LogP contribution < -0.4 is 0 Å². The predicted octanol–water partition coefficient (Wildman–Crippen LogP) is 3.88. The molecule has 0 saturated carbocycles. The number of ketones is 1. The van der Waals surface area contributed by atoms with Gasteiger partial charge in [-0.1, -0.05) is 59.7 Å². The zero-order valence-corrected chi connectivity index (χ0v) is 14.6. The molecule has 5 rings (SSSR count).